The van der Waals surface area contributed by atoms with E-state index in [0.29, 0.717) is 12.5 Å². The molecule has 0 heterocycles. The summed E-state index contributed by atoms with van der Waals surface area (Å²) in [6.45, 7) is 14.4. The lowest BCUT2D eigenvalue weighted by atomic mass is 9.88. The number of rotatable bonds is 27. The van der Waals surface area contributed by atoms with Gasteiger partial charge in [-0.2, -0.15) is 0 Å². The van der Waals surface area contributed by atoms with Crippen LogP contribution in [0.5, 0.6) is 0 Å². The van der Waals surface area contributed by atoms with Crippen molar-refractivity contribution in [1.82, 2.24) is 4.90 Å². The monoisotopic (exact) mass is 573 g/mol. The summed E-state index contributed by atoms with van der Waals surface area (Å²) < 4.78 is 11.4. The van der Waals surface area contributed by atoms with Crippen molar-refractivity contribution in [3.05, 3.63) is 12.2 Å². The van der Waals surface area contributed by atoms with E-state index in [1.165, 1.54) is 66.5 Å². The van der Waals surface area contributed by atoms with E-state index in [9.17, 15) is 9.59 Å². The van der Waals surface area contributed by atoms with Crippen LogP contribution in [0.1, 0.15) is 125 Å². The maximum absolute atomic E-state index is 12.8. The van der Waals surface area contributed by atoms with Crippen LogP contribution in [0.4, 0.5) is 0 Å². The number of hydrogen-bond acceptors (Lipinski definition) is 7. The molecule has 7 heteroatoms. The van der Waals surface area contributed by atoms with Gasteiger partial charge in [-0.05, 0) is 57.5 Å². The Balaban J connectivity index is 4.66. The van der Waals surface area contributed by atoms with Gasteiger partial charge in [0.15, 0.2) is 0 Å². The summed E-state index contributed by atoms with van der Waals surface area (Å²) in [5.41, 5.74) is 0. The number of nitrogens with zero attached hydrogens (tertiary/aromatic N) is 1. The van der Waals surface area contributed by atoms with Crippen molar-refractivity contribution in [1.29, 1.82) is 0 Å². The smallest absolute Gasteiger partial charge is 0.317 e. The third-order valence-corrected chi connectivity index (χ3v) is 8.93. The lowest BCUT2D eigenvalue weighted by molar-refractivity contribution is -0.149. The first-order chi connectivity index (χ1) is 18.5. The molecule has 2 unspecified atom stereocenters. The van der Waals surface area contributed by atoms with Crippen molar-refractivity contribution in [3.8, 4) is 0 Å². The Hall–Kier alpha value is -0.660. The summed E-state index contributed by atoms with van der Waals surface area (Å²) in [7, 11) is 2.78. The number of carbonyl (C=O) groups excluding carboxylic acids is 2. The minimum Gasteiger partial charge on any atom is -0.465 e. The van der Waals surface area contributed by atoms with Gasteiger partial charge in [-0.1, -0.05) is 120 Å². The van der Waals surface area contributed by atoms with Crippen molar-refractivity contribution in [2.75, 3.05) is 37.7 Å². The molecular formula is C31H59NO4S2. The van der Waals surface area contributed by atoms with Gasteiger partial charge >= 0.3 is 11.9 Å². The Morgan fingerprint density at radius 3 is 1.97 bits per heavy atom. The molecule has 0 amide bonds. The SMILES string of the molecule is CCC/C=C\CC(CCCCCC)C(CCCCCC)OC(=O)CSSCC(=O)OCCCN(CC)CC. The van der Waals surface area contributed by atoms with Crippen molar-refractivity contribution < 1.29 is 19.1 Å². The van der Waals surface area contributed by atoms with Crippen molar-refractivity contribution >= 4 is 33.5 Å². The maximum Gasteiger partial charge on any atom is 0.317 e. The molecule has 5 nitrogen and oxygen atoms in total. The number of allylic oxidation sites excluding steroid dienone is 2. The van der Waals surface area contributed by atoms with Gasteiger partial charge in [-0.3, -0.25) is 9.59 Å². The van der Waals surface area contributed by atoms with Gasteiger partial charge in [0.1, 0.15) is 17.6 Å². The van der Waals surface area contributed by atoms with Gasteiger partial charge in [0, 0.05) is 6.54 Å². The predicted molar refractivity (Wildman–Crippen MR) is 168 cm³/mol. The molecule has 38 heavy (non-hydrogen) atoms. The van der Waals surface area contributed by atoms with E-state index in [4.69, 9.17) is 9.47 Å². The Bertz CT molecular complexity index is 584. The quantitative estimate of drug-likeness (QED) is 0.0421. The topological polar surface area (TPSA) is 55.8 Å². The number of ether oxygens (including phenoxy) is 2. The molecule has 0 N–H and O–H groups in total. The average molecular weight is 574 g/mol. The fourth-order valence-electron chi connectivity index (χ4n) is 4.45. The molecule has 2 atom stereocenters. The van der Waals surface area contributed by atoms with Crippen LogP contribution in [0.3, 0.4) is 0 Å². The number of unbranched alkanes of at least 4 members (excludes halogenated alkanes) is 7. The molecule has 0 fully saturated rings. The summed E-state index contributed by atoms with van der Waals surface area (Å²) in [5, 5.41) is 0. The highest BCUT2D eigenvalue weighted by atomic mass is 33.1. The second-order valence-corrected chi connectivity index (χ2v) is 12.6. The van der Waals surface area contributed by atoms with E-state index >= 15 is 0 Å². The number of hydrogen-bond donors (Lipinski definition) is 0. The van der Waals surface area contributed by atoms with E-state index in [2.05, 4.69) is 51.7 Å². The number of esters is 2. The lowest BCUT2D eigenvalue weighted by Crippen LogP contribution is -2.28. The molecule has 0 saturated carbocycles. The first-order valence-corrected chi connectivity index (χ1v) is 18.0. The maximum atomic E-state index is 12.8. The highest BCUT2D eigenvalue weighted by Crippen LogP contribution is 2.27. The lowest BCUT2D eigenvalue weighted by Gasteiger charge is -2.27. The normalized spacial score (nSPS) is 13.2. The third-order valence-electron chi connectivity index (χ3n) is 6.85. The van der Waals surface area contributed by atoms with Crippen LogP contribution in [0.25, 0.3) is 0 Å². The third kappa shape index (κ3) is 22.2. The molecule has 0 spiro atoms. The van der Waals surface area contributed by atoms with Crippen LogP contribution in [-0.4, -0.2) is 60.7 Å². The highest BCUT2D eigenvalue weighted by Gasteiger charge is 2.24. The van der Waals surface area contributed by atoms with E-state index in [1.807, 2.05) is 0 Å². The molecule has 0 aliphatic heterocycles. The molecule has 0 aliphatic carbocycles. The first-order valence-electron chi connectivity index (χ1n) is 15.5. The molecular weight excluding hydrogens is 514 g/mol. The van der Waals surface area contributed by atoms with Gasteiger partial charge in [0.05, 0.1) is 6.61 Å². The van der Waals surface area contributed by atoms with Gasteiger partial charge in [0.25, 0.3) is 0 Å². The molecule has 0 radical (unpaired) electrons. The van der Waals surface area contributed by atoms with Crippen molar-refractivity contribution in [3.63, 3.8) is 0 Å². The second kappa shape index (κ2) is 27.9. The van der Waals surface area contributed by atoms with Crippen LogP contribution in [0.2, 0.25) is 0 Å². The number of carbonyl (C=O) groups is 2. The molecule has 0 aromatic carbocycles. The highest BCUT2D eigenvalue weighted by molar-refractivity contribution is 8.77. The zero-order valence-corrected chi connectivity index (χ0v) is 27.0. The predicted octanol–water partition coefficient (Wildman–Crippen LogP) is 8.86. The summed E-state index contributed by atoms with van der Waals surface area (Å²) in [4.78, 5) is 27.1. The Morgan fingerprint density at radius 2 is 1.37 bits per heavy atom. The Labute approximate surface area is 243 Å². The van der Waals surface area contributed by atoms with Crippen LogP contribution in [0, 0.1) is 5.92 Å². The van der Waals surface area contributed by atoms with Gasteiger partial charge < -0.3 is 14.4 Å². The molecule has 224 valence electrons. The standard InChI is InChI=1S/C31H59NO4S2/c1-6-11-14-17-21-28(22-18-15-12-7-2)29(23-19-16-13-8-3)36-31(34)27-38-37-26-30(33)35-25-20-24-32(9-4)10-5/h14,17,28-29H,6-13,15-16,18-27H2,1-5H3/b17-14-. The minimum absolute atomic E-state index is 0.0198. The van der Waals surface area contributed by atoms with Crippen LogP contribution < -0.4 is 0 Å². The Kier molecular flexibility index (Phi) is 27.4. The summed E-state index contributed by atoms with van der Waals surface area (Å²) in [6.07, 6.45) is 20.4. The summed E-state index contributed by atoms with van der Waals surface area (Å²) in [6, 6.07) is 0. The van der Waals surface area contributed by atoms with E-state index in [1.54, 1.807) is 0 Å². The van der Waals surface area contributed by atoms with Gasteiger partial charge in [-0.15, -0.1) is 0 Å². The molecule has 0 saturated heterocycles. The molecule has 0 aromatic rings. The fourth-order valence-corrected chi connectivity index (χ4v) is 6.03. The van der Waals surface area contributed by atoms with Crippen LogP contribution in [-0.2, 0) is 19.1 Å². The minimum atomic E-state index is -0.213. The second-order valence-electron chi connectivity index (χ2n) is 10.1. The first kappa shape index (κ1) is 37.3. The summed E-state index contributed by atoms with van der Waals surface area (Å²) >= 11 is 0. The largest absolute Gasteiger partial charge is 0.465 e. The summed E-state index contributed by atoms with van der Waals surface area (Å²) in [5.74, 6) is 0.530. The van der Waals surface area contributed by atoms with Crippen LogP contribution in [0.15, 0.2) is 12.2 Å². The fraction of sp³-hybridized carbons (Fsp3) is 0.871. The van der Waals surface area contributed by atoms with Gasteiger partial charge in [0.2, 0.25) is 0 Å². The van der Waals surface area contributed by atoms with E-state index < -0.39 is 0 Å². The van der Waals surface area contributed by atoms with Gasteiger partial charge in [-0.25, -0.2) is 0 Å². The molecule has 0 aliphatic rings. The average Bonchev–Trinajstić information content (AvgIpc) is 2.92. The zero-order valence-electron chi connectivity index (χ0n) is 25.3. The van der Waals surface area contributed by atoms with E-state index in [-0.39, 0.29) is 29.5 Å². The van der Waals surface area contributed by atoms with E-state index in [0.717, 1.165) is 64.6 Å². The Morgan fingerprint density at radius 1 is 0.737 bits per heavy atom. The molecule has 0 bridgehead atoms. The molecule has 0 rings (SSSR count). The molecule has 0 aromatic heterocycles. The van der Waals surface area contributed by atoms with Crippen molar-refractivity contribution in [2.45, 2.75) is 131 Å². The van der Waals surface area contributed by atoms with Crippen LogP contribution >= 0.6 is 21.6 Å². The zero-order chi connectivity index (χ0) is 28.3. The van der Waals surface area contributed by atoms with Crippen molar-refractivity contribution in [2.24, 2.45) is 5.92 Å².